The molecule has 0 spiro atoms. The molecule has 0 fully saturated rings. The van der Waals surface area contributed by atoms with Crippen LogP contribution in [0.4, 0.5) is 0 Å². The number of benzene rings is 1. The molecule has 0 amide bonds. The first-order valence-electron chi connectivity index (χ1n) is 5.07. The van der Waals surface area contributed by atoms with Crippen LogP contribution in [-0.4, -0.2) is 9.78 Å². The minimum Gasteiger partial charge on any atom is -0.489 e. The molecule has 0 unspecified atom stereocenters. The van der Waals surface area contributed by atoms with Crippen molar-refractivity contribution in [3.05, 3.63) is 48.3 Å². The molecular formula is C12H14N2O. The van der Waals surface area contributed by atoms with Gasteiger partial charge in [-0.3, -0.25) is 4.68 Å². The van der Waals surface area contributed by atoms with Gasteiger partial charge in [-0.15, -0.1) is 0 Å². The average molecular weight is 202 g/mol. The van der Waals surface area contributed by atoms with E-state index < -0.39 is 0 Å². The lowest BCUT2D eigenvalue weighted by molar-refractivity contribution is 0.306. The standard InChI is InChI=1S/C12H14N2O/c1-2-14-9-11(8-13-14)10-15-12-6-4-3-5-7-12/h3-9H,2,10H2,1H3. The lowest BCUT2D eigenvalue weighted by Crippen LogP contribution is -1.95. The fourth-order valence-corrected chi connectivity index (χ4v) is 1.34. The van der Waals surface area contributed by atoms with Crippen LogP contribution in [-0.2, 0) is 13.2 Å². The Morgan fingerprint density at radius 1 is 1.27 bits per heavy atom. The Kier molecular flexibility index (Phi) is 3.02. The fraction of sp³-hybridized carbons (Fsp3) is 0.250. The Morgan fingerprint density at radius 3 is 2.73 bits per heavy atom. The molecule has 3 nitrogen and oxygen atoms in total. The van der Waals surface area contributed by atoms with Crippen molar-refractivity contribution in [2.24, 2.45) is 0 Å². The van der Waals surface area contributed by atoms with Gasteiger partial charge in [0, 0.05) is 18.3 Å². The predicted octanol–water partition coefficient (Wildman–Crippen LogP) is 2.48. The Labute approximate surface area is 89.3 Å². The van der Waals surface area contributed by atoms with Gasteiger partial charge in [0.15, 0.2) is 0 Å². The molecule has 0 bridgehead atoms. The van der Waals surface area contributed by atoms with Crippen molar-refractivity contribution in [3.63, 3.8) is 0 Å². The van der Waals surface area contributed by atoms with Gasteiger partial charge in [-0.2, -0.15) is 5.10 Å². The summed E-state index contributed by atoms with van der Waals surface area (Å²) >= 11 is 0. The SMILES string of the molecule is CCn1cc(COc2ccccc2)cn1. The molecule has 2 aromatic rings. The summed E-state index contributed by atoms with van der Waals surface area (Å²) in [6.45, 7) is 3.53. The van der Waals surface area contributed by atoms with Gasteiger partial charge < -0.3 is 4.74 Å². The van der Waals surface area contributed by atoms with E-state index in [0.29, 0.717) is 6.61 Å². The van der Waals surface area contributed by atoms with Crippen LogP contribution < -0.4 is 4.74 Å². The molecule has 15 heavy (non-hydrogen) atoms. The monoisotopic (exact) mass is 202 g/mol. The molecule has 0 saturated carbocycles. The molecule has 0 radical (unpaired) electrons. The molecule has 0 atom stereocenters. The van der Waals surface area contributed by atoms with Crippen molar-refractivity contribution in [2.75, 3.05) is 0 Å². The van der Waals surface area contributed by atoms with Gasteiger partial charge in [-0.05, 0) is 19.1 Å². The van der Waals surface area contributed by atoms with Gasteiger partial charge >= 0.3 is 0 Å². The number of aryl methyl sites for hydroxylation is 1. The zero-order chi connectivity index (χ0) is 10.5. The van der Waals surface area contributed by atoms with E-state index in [9.17, 15) is 0 Å². The zero-order valence-corrected chi connectivity index (χ0v) is 8.76. The fourth-order valence-electron chi connectivity index (χ4n) is 1.34. The molecule has 1 heterocycles. The van der Waals surface area contributed by atoms with Crippen LogP contribution in [0, 0.1) is 0 Å². The van der Waals surface area contributed by atoms with E-state index in [4.69, 9.17) is 4.74 Å². The smallest absolute Gasteiger partial charge is 0.119 e. The van der Waals surface area contributed by atoms with Crippen LogP contribution >= 0.6 is 0 Å². The van der Waals surface area contributed by atoms with E-state index in [2.05, 4.69) is 12.0 Å². The lowest BCUT2D eigenvalue weighted by Gasteiger charge is -2.02. The molecule has 0 aliphatic carbocycles. The van der Waals surface area contributed by atoms with Gasteiger partial charge in [0.1, 0.15) is 12.4 Å². The van der Waals surface area contributed by atoms with Crippen molar-refractivity contribution < 1.29 is 4.74 Å². The number of rotatable bonds is 4. The van der Waals surface area contributed by atoms with Crippen LogP contribution in [0.2, 0.25) is 0 Å². The zero-order valence-electron chi connectivity index (χ0n) is 8.76. The molecule has 0 saturated heterocycles. The molecule has 0 aliphatic rings. The highest BCUT2D eigenvalue weighted by Gasteiger charge is 1.98. The summed E-state index contributed by atoms with van der Waals surface area (Å²) in [7, 11) is 0. The van der Waals surface area contributed by atoms with E-state index in [-0.39, 0.29) is 0 Å². The largest absolute Gasteiger partial charge is 0.489 e. The first-order chi connectivity index (χ1) is 7.38. The number of nitrogens with zero attached hydrogens (tertiary/aromatic N) is 2. The molecule has 1 aromatic heterocycles. The second-order valence-electron chi connectivity index (χ2n) is 3.31. The Balaban J connectivity index is 1.93. The molecule has 0 N–H and O–H groups in total. The van der Waals surface area contributed by atoms with E-state index in [1.54, 1.807) is 0 Å². The number of aromatic nitrogens is 2. The molecule has 3 heteroatoms. The van der Waals surface area contributed by atoms with Crippen LogP contribution in [0.15, 0.2) is 42.7 Å². The quantitative estimate of drug-likeness (QED) is 0.761. The van der Waals surface area contributed by atoms with Crippen LogP contribution in [0.25, 0.3) is 0 Å². The highest BCUT2D eigenvalue weighted by atomic mass is 16.5. The van der Waals surface area contributed by atoms with Gasteiger partial charge in [-0.1, -0.05) is 18.2 Å². The van der Waals surface area contributed by atoms with E-state index >= 15 is 0 Å². The minimum absolute atomic E-state index is 0.573. The maximum atomic E-state index is 5.60. The normalized spacial score (nSPS) is 10.2. The average Bonchev–Trinajstić information content (AvgIpc) is 2.76. The topological polar surface area (TPSA) is 27.1 Å². The van der Waals surface area contributed by atoms with E-state index in [1.807, 2.05) is 47.4 Å². The molecule has 1 aromatic carbocycles. The van der Waals surface area contributed by atoms with Crippen LogP contribution in [0.1, 0.15) is 12.5 Å². The Bertz CT molecular complexity index is 409. The van der Waals surface area contributed by atoms with Crippen LogP contribution in [0.5, 0.6) is 5.75 Å². The second-order valence-corrected chi connectivity index (χ2v) is 3.31. The summed E-state index contributed by atoms with van der Waals surface area (Å²) in [6, 6.07) is 9.80. The molecule has 78 valence electrons. The lowest BCUT2D eigenvalue weighted by atomic mass is 10.3. The van der Waals surface area contributed by atoms with Gasteiger partial charge in [0.25, 0.3) is 0 Å². The van der Waals surface area contributed by atoms with Crippen molar-refractivity contribution in [2.45, 2.75) is 20.1 Å². The van der Waals surface area contributed by atoms with E-state index in [1.165, 1.54) is 0 Å². The van der Waals surface area contributed by atoms with Crippen LogP contribution in [0.3, 0.4) is 0 Å². The second kappa shape index (κ2) is 4.64. The summed E-state index contributed by atoms with van der Waals surface area (Å²) in [5, 5.41) is 4.18. The Hall–Kier alpha value is -1.77. The predicted molar refractivity (Wildman–Crippen MR) is 58.7 cm³/mol. The van der Waals surface area contributed by atoms with Crippen molar-refractivity contribution in [1.29, 1.82) is 0 Å². The first-order valence-corrected chi connectivity index (χ1v) is 5.07. The van der Waals surface area contributed by atoms with Crippen molar-refractivity contribution in [1.82, 2.24) is 9.78 Å². The highest BCUT2D eigenvalue weighted by Crippen LogP contribution is 2.10. The van der Waals surface area contributed by atoms with E-state index in [0.717, 1.165) is 17.9 Å². The number of hydrogen-bond acceptors (Lipinski definition) is 2. The maximum Gasteiger partial charge on any atom is 0.119 e. The third-order valence-corrected chi connectivity index (χ3v) is 2.16. The first kappa shape index (κ1) is 9.77. The number of para-hydroxylation sites is 1. The number of hydrogen-bond donors (Lipinski definition) is 0. The van der Waals surface area contributed by atoms with Crippen molar-refractivity contribution in [3.8, 4) is 5.75 Å². The summed E-state index contributed by atoms with van der Waals surface area (Å²) in [5.41, 5.74) is 1.10. The Morgan fingerprint density at radius 2 is 2.07 bits per heavy atom. The molecule has 2 rings (SSSR count). The van der Waals surface area contributed by atoms with Gasteiger partial charge in [0.05, 0.1) is 6.20 Å². The molecular weight excluding hydrogens is 188 g/mol. The third kappa shape index (κ3) is 2.59. The number of ether oxygens (including phenoxy) is 1. The molecule has 0 aliphatic heterocycles. The highest BCUT2D eigenvalue weighted by molar-refractivity contribution is 5.21. The summed E-state index contributed by atoms with van der Waals surface area (Å²) in [4.78, 5) is 0. The summed E-state index contributed by atoms with van der Waals surface area (Å²) in [6.07, 6.45) is 3.84. The van der Waals surface area contributed by atoms with Gasteiger partial charge in [0.2, 0.25) is 0 Å². The van der Waals surface area contributed by atoms with Crippen molar-refractivity contribution >= 4 is 0 Å². The maximum absolute atomic E-state index is 5.60. The summed E-state index contributed by atoms with van der Waals surface area (Å²) < 4.78 is 7.49. The third-order valence-electron chi connectivity index (χ3n) is 2.16. The minimum atomic E-state index is 0.573. The van der Waals surface area contributed by atoms with Gasteiger partial charge in [-0.25, -0.2) is 0 Å². The summed E-state index contributed by atoms with van der Waals surface area (Å²) in [5.74, 6) is 0.891.